The van der Waals surface area contributed by atoms with Gasteiger partial charge in [0.15, 0.2) is 5.78 Å². The lowest BCUT2D eigenvalue weighted by molar-refractivity contribution is -0.114. The lowest BCUT2D eigenvalue weighted by Gasteiger charge is -1.91. The second kappa shape index (κ2) is 3.34. The maximum absolute atomic E-state index is 11.0. The quantitative estimate of drug-likeness (QED) is 0.453. The molecule has 1 aliphatic carbocycles. The average molecular weight is 149 g/mol. The van der Waals surface area contributed by atoms with E-state index < -0.39 is 0 Å². The Morgan fingerprint density at radius 3 is 2.73 bits per heavy atom. The van der Waals surface area contributed by atoms with E-state index in [1.54, 1.807) is 6.92 Å². The first-order valence-electron chi connectivity index (χ1n) is 3.93. The average Bonchev–Trinajstić information content (AvgIpc) is 2.82. The number of carbonyl (C=O) groups excluding carboxylic acids is 1. The molecule has 1 rings (SSSR count). The number of Topliss-reactive ketones (excluding diaryl/α,β-unsaturated/α-hetero) is 1. The predicted octanol–water partition coefficient (Wildman–Crippen LogP) is 1.83. The van der Waals surface area contributed by atoms with E-state index in [9.17, 15) is 4.79 Å². The summed E-state index contributed by atoms with van der Waals surface area (Å²) in [5.74, 6) is 0.486. The minimum absolute atomic E-state index is 0.0283. The molecule has 0 spiro atoms. The van der Waals surface area contributed by atoms with Crippen LogP contribution >= 0.6 is 0 Å². The molecule has 0 aromatic heterocycles. The Labute approximate surface area is 66.5 Å². The summed E-state index contributed by atoms with van der Waals surface area (Å²) in [7, 11) is 0. The van der Waals surface area contributed by atoms with Gasteiger partial charge in [0, 0.05) is 6.42 Å². The van der Waals surface area contributed by atoms with Crippen LogP contribution in [0.25, 0.3) is 0 Å². The number of hydrogen-bond acceptors (Lipinski definition) is 2. The summed E-state index contributed by atoms with van der Waals surface area (Å²) in [5.41, 5.74) is 0.356. The molecule has 1 fully saturated rings. The number of carbonyl (C=O) groups is 1. The van der Waals surface area contributed by atoms with E-state index in [-0.39, 0.29) is 5.78 Å². The van der Waals surface area contributed by atoms with Gasteiger partial charge in [-0.25, -0.2) is 0 Å². The third-order valence-electron chi connectivity index (χ3n) is 1.77. The molecule has 0 aliphatic heterocycles. The summed E-state index contributed by atoms with van der Waals surface area (Å²) >= 11 is 0. The molecule has 0 aromatic rings. The zero-order valence-corrected chi connectivity index (χ0v) is 6.63. The van der Waals surface area contributed by atoms with Crippen LogP contribution in [0, 0.1) is 17.2 Å². The molecular weight excluding hydrogens is 138 g/mol. The van der Waals surface area contributed by atoms with E-state index in [1.165, 1.54) is 0 Å². The number of ketones is 1. The van der Waals surface area contributed by atoms with E-state index in [1.807, 2.05) is 12.1 Å². The summed E-state index contributed by atoms with van der Waals surface area (Å²) in [6, 6.07) is 1.94. The zero-order chi connectivity index (χ0) is 8.27. The van der Waals surface area contributed by atoms with Gasteiger partial charge in [0.05, 0.1) is 5.57 Å². The normalized spacial score (nSPS) is 17.6. The van der Waals surface area contributed by atoms with Crippen LogP contribution in [0.1, 0.15) is 26.2 Å². The topological polar surface area (TPSA) is 40.9 Å². The van der Waals surface area contributed by atoms with Crippen molar-refractivity contribution in [1.29, 1.82) is 5.26 Å². The lowest BCUT2D eigenvalue weighted by Crippen LogP contribution is -1.98. The van der Waals surface area contributed by atoms with Crippen LogP contribution in [0.15, 0.2) is 11.6 Å². The van der Waals surface area contributed by atoms with Crippen LogP contribution in [-0.4, -0.2) is 5.78 Å². The highest BCUT2D eigenvalue weighted by molar-refractivity contribution is 5.98. The molecule has 2 heteroatoms. The Balaban J connectivity index is 2.62. The summed E-state index contributed by atoms with van der Waals surface area (Å²) < 4.78 is 0. The van der Waals surface area contributed by atoms with Crippen molar-refractivity contribution < 1.29 is 4.79 Å². The Bertz CT molecular complexity index is 230. The van der Waals surface area contributed by atoms with E-state index in [0.29, 0.717) is 17.9 Å². The van der Waals surface area contributed by atoms with Gasteiger partial charge >= 0.3 is 0 Å². The number of allylic oxidation sites excluding steroid dienone is 2. The molecule has 1 saturated carbocycles. The van der Waals surface area contributed by atoms with Crippen molar-refractivity contribution in [2.45, 2.75) is 26.2 Å². The van der Waals surface area contributed by atoms with Gasteiger partial charge in [-0.05, 0) is 18.8 Å². The smallest absolute Gasteiger partial charge is 0.172 e. The highest BCUT2D eigenvalue weighted by atomic mass is 16.1. The monoisotopic (exact) mass is 149 g/mol. The second-order valence-corrected chi connectivity index (χ2v) is 2.81. The van der Waals surface area contributed by atoms with Crippen LogP contribution in [0.3, 0.4) is 0 Å². The van der Waals surface area contributed by atoms with E-state index >= 15 is 0 Å². The molecule has 58 valence electrons. The molecule has 0 unspecified atom stereocenters. The molecular formula is C9H11NO. The molecule has 0 aromatic carbocycles. The summed E-state index contributed by atoms with van der Waals surface area (Å²) in [4.78, 5) is 11.0. The number of hydrogen-bond donors (Lipinski definition) is 0. The summed E-state index contributed by atoms with van der Waals surface area (Å²) in [6.07, 6.45) is 4.53. The van der Waals surface area contributed by atoms with Crippen molar-refractivity contribution in [2.75, 3.05) is 0 Å². The molecule has 0 radical (unpaired) electrons. The third-order valence-corrected chi connectivity index (χ3v) is 1.77. The van der Waals surface area contributed by atoms with Gasteiger partial charge in [-0.2, -0.15) is 5.26 Å². The third kappa shape index (κ3) is 2.19. The first-order valence-corrected chi connectivity index (χ1v) is 3.93. The lowest BCUT2D eigenvalue weighted by atomic mass is 10.1. The minimum Gasteiger partial charge on any atom is -0.293 e. The molecule has 1 aliphatic rings. The fraction of sp³-hybridized carbons (Fsp3) is 0.556. The van der Waals surface area contributed by atoms with Crippen molar-refractivity contribution in [3.63, 3.8) is 0 Å². The van der Waals surface area contributed by atoms with Gasteiger partial charge in [-0.1, -0.05) is 13.0 Å². The molecule has 2 nitrogen and oxygen atoms in total. The molecule has 11 heavy (non-hydrogen) atoms. The first kappa shape index (κ1) is 8.00. The standard InChI is InChI=1S/C9H11NO/c1-2-9(11)8(6-10)5-7-3-4-7/h5,7H,2-4H2,1H3/b8-5+. The van der Waals surface area contributed by atoms with Crippen molar-refractivity contribution in [3.8, 4) is 6.07 Å². The predicted molar refractivity (Wildman–Crippen MR) is 41.7 cm³/mol. The summed E-state index contributed by atoms with van der Waals surface area (Å²) in [5, 5.41) is 8.57. The van der Waals surface area contributed by atoms with Crippen LogP contribution < -0.4 is 0 Å². The molecule has 0 bridgehead atoms. The Morgan fingerprint density at radius 2 is 2.36 bits per heavy atom. The van der Waals surface area contributed by atoms with Crippen molar-refractivity contribution in [3.05, 3.63) is 11.6 Å². The zero-order valence-electron chi connectivity index (χ0n) is 6.63. The van der Waals surface area contributed by atoms with E-state index in [0.717, 1.165) is 12.8 Å². The molecule has 0 heterocycles. The highest BCUT2D eigenvalue weighted by Crippen LogP contribution is 2.31. The largest absolute Gasteiger partial charge is 0.293 e. The first-order chi connectivity index (χ1) is 5.27. The van der Waals surface area contributed by atoms with Crippen molar-refractivity contribution in [1.82, 2.24) is 0 Å². The maximum Gasteiger partial charge on any atom is 0.172 e. The fourth-order valence-electron chi connectivity index (χ4n) is 0.882. The molecule has 0 N–H and O–H groups in total. The Kier molecular flexibility index (Phi) is 2.43. The minimum atomic E-state index is -0.0283. The van der Waals surface area contributed by atoms with Gasteiger partial charge in [0.1, 0.15) is 6.07 Å². The Morgan fingerprint density at radius 1 is 1.73 bits per heavy atom. The summed E-state index contributed by atoms with van der Waals surface area (Å²) in [6.45, 7) is 1.78. The Hall–Kier alpha value is -1.10. The van der Waals surface area contributed by atoms with Gasteiger partial charge < -0.3 is 0 Å². The number of rotatable bonds is 3. The molecule has 0 saturated heterocycles. The van der Waals surface area contributed by atoms with Gasteiger partial charge in [0.2, 0.25) is 0 Å². The van der Waals surface area contributed by atoms with Gasteiger partial charge in [-0.3, -0.25) is 4.79 Å². The number of nitrogens with zero attached hydrogens (tertiary/aromatic N) is 1. The van der Waals surface area contributed by atoms with Crippen LogP contribution in [0.5, 0.6) is 0 Å². The van der Waals surface area contributed by atoms with Crippen molar-refractivity contribution >= 4 is 5.78 Å². The van der Waals surface area contributed by atoms with Gasteiger partial charge in [0.25, 0.3) is 0 Å². The second-order valence-electron chi connectivity index (χ2n) is 2.81. The fourth-order valence-corrected chi connectivity index (χ4v) is 0.882. The van der Waals surface area contributed by atoms with Crippen LogP contribution in [0.4, 0.5) is 0 Å². The van der Waals surface area contributed by atoms with E-state index in [2.05, 4.69) is 0 Å². The van der Waals surface area contributed by atoms with E-state index in [4.69, 9.17) is 5.26 Å². The van der Waals surface area contributed by atoms with Crippen LogP contribution in [-0.2, 0) is 4.79 Å². The number of nitriles is 1. The van der Waals surface area contributed by atoms with Crippen LogP contribution in [0.2, 0.25) is 0 Å². The molecule has 0 atom stereocenters. The molecule has 0 amide bonds. The van der Waals surface area contributed by atoms with Crippen molar-refractivity contribution in [2.24, 2.45) is 5.92 Å². The highest BCUT2D eigenvalue weighted by Gasteiger charge is 2.20. The maximum atomic E-state index is 11.0. The SMILES string of the molecule is CCC(=O)/C(C#N)=C/C1CC1. The van der Waals surface area contributed by atoms with Gasteiger partial charge in [-0.15, -0.1) is 0 Å².